The number of hydrogen-bond acceptors (Lipinski definition) is 5. The molecule has 1 heterocycles. The second-order valence-electron chi connectivity index (χ2n) is 5.21. The van der Waals surface area contributed by atoms with Gasteiger partial charge in [0.15, 0.2) is 9.84 Å². The van der Waals surface area contributed by atoms with Crippen molar-refractivity contribution in [2.45, 2.75) is 6.42 Å². The molecule has 1 aromatic rings. The van der Waals surface area contributed by atoms with Gasteiger partial charge in [0, 0.05) is 30.4 Å². The maximum absolute atomic E-state index is 11.9. The third-order valence-corrected chi connectivity index (χ3v) is 5.32. The standard InChI is InChI=1S/C14H20N2O5S/c1-20-12-5-11(6-13(7-12)21-2)16-14(17)15-8-10-3-4-22(18,19)9-10/h5-7,10H,3-4,8-9H2,1-2H3,(H2,15,16,17). The Kier molecular flexibility index (Phi) is 5.12. The number of sulfone groups is 1. The first-order chi connectivity index (χ1) is 10.4. The molecule has 0 bridgehead atoms. The lowest BCUT2D eigenvalue weighted by atomic mass is 10.1. The highest BCUT2D eigenvalue weighted by Crippen LogP contribution is 2.25. The molecule has 1 aliphatic heterocycles. The van der Waals surface area contributed by atoms with E-state index in [1.165, 1.54) is 14.2 Å². The molecular formula is C14H20N2O5S. The van der Waals surface area contributed by atoms with Gasteiger partial charge in [-0.2, -0.15) is 0 Å². The minimum atomic E-state index is -2.93. The molecule has 122 valence electrons. The molecule has 0 radical (unpaired) electrons. The van der Waals surface area contributed by atoms with Gasteiger partial charge < -0.3 is 20.1 Å². The van der Waals surface area contributed by atoms with Crippen molar-refractivity contribution in [1.82, 2.24) is 5.32 Å². The minimum absolute atomic E-state index is 0.0180. The van der Waals surface area contributed by atoms with Gasteiger partial charge in [-0.1, -0.05) is 0 Å². The smallest absolute Gasteiger partial charge is 0.319 e. The van der Waals surface area contributed by atoms with Crippen molar-refractivity contribution in [1.29, 1.82) is 0 Å². The summed E-state index contributed by atoms with van der Waals surface area (Å²) in [5.74, 6) is 1.46. The molecule has 1 unspecified atom stereocenters. The summed E-state index contributed by atoms with van der Waals surface area (Å²) in [4.78, 5) is 11.9. The van der Waals surface area contributed by atoms with Crippen LogP contribution < -0.4 is 20.1 Å². The van der Waals surface area contributed by atoms with Crippen molar-refractivity contribution in [2.24, 2.45) is 5.92 Å². The summed E-state index contributed by atoms with van der Waals surface area (Å²) < 4.78 is 33.0. The fraction of sp³-hybridized carbons (Fsp3) is 0.500. The normalized spacial score (nSPS) is 19.5. The van der Waals surface area contributed by atoms with Crippen LogP contribution >= 0.6 is 0 Å². The van der Waals surface area contributed by atoms with Gasteiger partial charge >= 0.3 is 6.03 Å². The Morgan fingerprint density at radius 2 is 1.86 bits per heavy atom. The Bertz CT molecular complexity index is 622. The van der Waals surface area contributed by atoms with E-state index in [1.54, 1.807) is 18.2 Å². The van der Waals surface area contributed by atoms with E-state index in [1.807, 2.05) is 0 Å². The van der Waals surface area contributed by atoms with Crippen molar-refractivity contribution in [3.05, 3.63) is 18.2 Å². The summed E-state index contributed by atoms with van der Waals surface area (Å²) in [6.45, 7) is 0.339. The molecule has 1 aliphatic rings. The minimum Gasteiger partial charge on any atom is -0.497 e. The van der Waals surface area contributed by atoms with Gasteiger partial charge in [-0.3, -0.25) is 0 Å². The van der Waals surface area contributed by atoms with Crippen molar-refractivity contribution in [3.8, 4) is 11.5 Å². The maximum Gasteiger partial charge on any atom is 0.319 e. The molecule has 2 amide bonds. The first kappa shape index (κ1) is 16.4. The van der Waals surface area contributed by atoms with Crippen LogP contribution in [-0.4, -0.2) is 46.7 Å². The lowest BCUT2D eigenvalue weighted by Crippen LogP contribution is -2.33. The predicted molar refractivity (Wildman–Crippen MR) is 83.3 cm³/mol. The quantitative estimate of drug-likeness (QED) is 0.849. The van der Waals surface area contributed by atoms with Gasteiger partial charge in [0.25, 0.3) is 0 Å². The van der Waals surface area contributed by atoms with Crippen LogP contribution in [0.4, 0.5) is 10.5 Å². The molecule has 1 atom stereocenters. The highest BCUT2D eigenvalue weighted by atomic mass is 32.2. The molecule has 0 saturated carbocycles. The second-order valence-corrected chi connectivity index (χ2v) is 7.43. The van der Waals surface area contributed by atoms with Crippen molar-refractivity contribution in [2.75, 3.05) is 37.6 Å². The Morgan fingerprint density at radius 3 is 2.36 bits per heavy atom. The predicted octanol–water partition coefficient (Wildman–Crippen LogP) is 1.26. The van der Waals surface area contributed by atoms with E-state index in [0.29, 0.717) is 30.2 Å². The van der Waals surface area contributed by atoms with Gasteiger partial charge in [-0.15, -0.1) is 0 Å². The summed E-state index contributed by atoms with van der Waals surface area (Å²) in [6.07, 6.45) is 0.593. The molecule has 2 rings (SSSR count). The molecule has 1 fully saturated rings. The van der Waals surface area contributed by atoms with E-state index in [4.69, 9.17) is 9.47 Å². The molecule has 8 heteroatoms. The topological polar surface area (TPSA) is 93.7 Å². The van der Waals surface area contributed by atoms with Gasteiger partial charge in [0.2, 0.25) is 0 Å². The molecule has 0 spiro atoms. The Balaban J connectivity index is 1.89. The number of amides is 2. The number of benzene rings is 1. The van der Waals surface area contributed by atoms with Crippen molar-refractivity contribution in [3.63, 3.8) is 0 Å². The zero-order valence-electron chi connectivity index (χ0n) is 12.6. The zero-order chi connectivity index (χ0) is 16.2. The van der Waals surface area contributed by atoms with Crippen LogP contribution in [0.25, 0.3) is 0 Å². The molecule has 22 heavy (non-hydrogen) atoms. The fourth-order valence-corrected chi connectivity index (χ4v) is 4.19. The number of nitrogens with one attached hydrogen (secondary N) is 2. The van der Waals surface area contributed by atoms with Crippen LogP contribution in [0, 0.1) is 5.92 Å². The van der Waals surface area contributed by atoms with Gasteiger partial charge in [-0.25, -0.2) is 13.2 Å². The lowest BCUT2D eigenvalue weighted by molar-refractivity contribution is 0.250. The average molecular weight is 328 g/mol. The van der Waals surface area contributed by atoms with E-state index in [2.05, 4.69) is 10.6 Å². The molecule has 1 aromatic carbocycles. The lowest BCUT2D eigenvalue weighted by Gasteiger charge is -2.12. The van der Waals surface area contributed by atoms with Gasteiger partial charge in [-0.05, 0) is 12.3 Å². The van der Waals surface area contributed by atoms with E-state index in [-0.39, 0.29) is 23.5 Å². The molecular weight excluding hydrogens is 308 g/mol. The van der Waals surface area contributed by atoms with Crippen molar-refractivity contribution >= 4 is 21.6 Å². The van der Waals surface area contributed by atoms with E-state index in [0.717, 1.165) is 0 Å². The number of hydrogen-bond donors (Lipinski definition) is 2. The van der Waals surface area contributed by atoms with Crippen LogP contribution in [0.1, 0.15) is 6.42 Å². The summed E-state index contributed by atoms with van der Waals surface area (Å²) in [6, 6.07) is 4.65. The molecule has 0 aliphatic carbocycles. The maximum atomic E-state index is 11.9. The molecule has 2 N–H and O–H groups in total. The monoisotopic (exact) mass is 328 g/mol. The number of carbonyl (C=O) groups is 1. The average Bonchev–Trinajstić information content (AvgIpc) is 2.84. The Morgan fingerprint density at radius 1 is 1.23 bits per heavy atom. The SMILES string of the molecule is COc1cc(NC(=O)NCC2CCS(=O)(=O)C2)cc(OC)c1. The molecule has 7 nitrogen and oxygen atoms in total. The number of anilines is 1. The summed E-state index contributed by atoms with van der Waals surface area (Å²) in [7, 11) is 0.129. The third kappa shape index (κ3) is 4.52. The first-order valence-electron chi connectivity index (χ1n) is 6.90. The number of rotatable bonds is 5. The summed E-state index contributed by atoms with van der Waals surface area (Å²) in [5, 5.41) is 5.37. The second kappa shape index (κ2) is 6.87. The van der Waals surface area contributed by atoms with Crippen LogP contribution in [0.15, 0.2) is 18.2 Å². The third-order valence-electron chi connectivity index (χ3n) is 3.49. The number of urea groups is 1. The van der Waals surface area contributed by atoms with Crippen LogP contribution in [0.3, 0.4) is 0 Å². The largest absolute Gasteiger partial charge is 0.497 e. The number of methoxy groups -OCH3 is 2. The number of carbonyl (C=O) groups excluding carboxylic acids is 1. The first-order valence-corrected chi connectivity index (χ1v) is 8.72. The van der Waals surface area contributed by atoms with Gasteiger partial charge in [0.1, 0.15) is 11.5 Å². The molecule has 0 aromatic heterocycles. The van der Waals surface area contributed by atoms with Gasteiger partial charge in [0.05, 0.1) is 25.7 Å². The zero-order valence-corrected chi connectivity index (χ0v) is 13.4. The van der Waals surface area contributed by atoms with Crippen LogP contribution in [0.2, 0.25) is 0 Å². The van der Waals surface area contributed by atoms with Crippen LogP contribution in [-0.2, 0) is 9.84 Å². The number of ether oxygens (including phenoxy) is 2. The Labute approximate surface area is 129 Å². The highest BCUT2D eigenvalue weighted by molar-refractivity contribution is 7.91. The van der Waals surface area contributed by atoms with Crippen LogP contribution in [0.5, 0.6) is 11.5 Å². The fourth-order valence-electron chi connectivity index (χ4n) is 2.32. The summed E-state index contributed by atoms with van der Waals surface area (Å²) in [5.41, 5.74) is 0.535. The van der Waals surface area contributed by atoms with Crippen molar-refractivity contribution < 1.29 is 22.7 Å². The molecule has 1 saturated heterocycles. The summed E-state index contributed by atoms with van der Waals surface area (Å²) >= 11 is 0. The van der Waals surface area contributed by atoms with E-state index < -0.39 is 9.84 Å². The Hall–Kier alpha value is -1.96. The van der Waals surface area contributed by atoms with E-state index >= 15 is 0 Å². The van der Waals surface area contributed by atoms with E-state index in [9.17, 15) is 13.2 Å². The highest BCUT2D eigenvalue weighted by Gasteiger charge is 2.27.